The Hall–Kier alpha value is -3.67. The van der Waals surface area contributed by atoms with E-state index in [2.05, 4.69) is 153 Å². The highest BCUT2D eigenvalue weighted by Crippen LogP contribution is 2.24. The Morgan fingerprint density at radius 1 is 0.389 bits per heavy atom. The molecule has 90 heavy (non-hydrogen) atoms. The lowest BCUT2D eigenvalue weighted by atomic mass is 9.99. The van der Waals surface area contributed by atoms with Crippen LogP contribution in [0.25, 0.3) is 0 Å². The van der Waals surface area contributed by atoms with Crippen molar-refractivity contribution in [3.63, 3.8) is 0 Å². The second-order valence-corrected chi connectivity index (χ2v) is 25.4. The second kappa shape index (κ2) is 68.2. The standard InChI is InChI=1S/C81H139NO8/c1-3-5-7-9-11-13-15-17-19-21-23-25-27-29-31-32-33-34-35-36-37-38-39-40-41-42-43-44-45-47-49-51-53-55-57-59-61-63-65-67-69-71-77(85)82-74(73-89-81-80(88)79(87)78(86)76(72-83)90-81)75(84)70-68-66-64-62-60-58-56-54-52-50-48-46-30-28-26-24-22-20-18-16-14-12-10-8-6-4-2/h5,7,11,13,17,19,23,25,29,31,33-34,36-37,39-40,42-43,45,47,51,53,74-76,78-81,83-84,86-88H,3-4,6,8-10,12,14-16,18,20-22,24,26-28,30,32,35,38,41,44,46,48-50,52,54-73H2,1-2H3,(H,82,85)/b7-5-,13-11-,19-17-,25-23-,31-29-,34-33-,37-36-,40-39-,43-42-,47-45-,53-51-. The van der Waals surface area contributed by atoms with Crippen LogP contribution in [0, 0.1) is 0 Å². The summed E-state index contributed by atoms with van der Waals surface area (Å²) in [4.78, 5) is 13.2. The van der Waals surface area contributed by atoms with E-state index >= 15 is 0 Å². The van der Waals surface area contributed by atoms with Gasteiger partial charge in [0.25, 0.3) is 0 Å². The topological polar surface area (TPSA) is 149 Å². The lowest BCUT2D eigenvalue weighted by Crippen LogP contribution is -2.60. The number of aliphatic hydroxyl groups is 5. The minimum Gasteiger partial charge on any atom is -0.394 e. The van der Waals surface area contributed by atoms with Gasteiger partial charge in [-0.1, -0.05) is 347 Å². The molecule has 1 fully saturated rings. The van der Waals surface area contributed by atoms with Crippen molar-refractivity contribution in [2.24, 2.45) is 0 Å². The second-order valence-electron chi connectivity index (χ2n) is 25.4. The fourth-order valence-corrected chi connectivity index (χ4v) is 11.2. The lowest BCUT2D eigenvalue weighted by Gasteiger charge is -2.40. The van der Waals surface area contributed by atoms with Crippen LogP contribution in [0.2, 0.25) is 0 Å². The van der Waals surface area contributed by atoms with Crippen LogP contribution >= 0.6 is 0 Å². The van der Waals surface area contributed by atoms with Crippen LogP contribution in [0.1, 0.15) is 316 Å². The van der Waals surface area contributed by atoms with Crippen molar-refractivity contribution in [2.45, 2.75) is 358 Å². The summed E-state index contributed by atoms with van der Waals surface area (Å²) in [6.45, 7) is 3.75. The lowest BCUT2D eigenvalue weighted by molar-refractivity contribution is -0.302. The van der Waals surface area contributed by atoms with E-state index in [0.29, 0.717) is 12.8 Å². The summed E-state index contributed by atoms with van der Waals surface area (Å²) in [5.41, 5.74) is 0. The molecule has 6 N–H and O–H groups in total. The molecule has 0 spiro atoms. The van der Waals surface area contributed by atoms with Gasteiger partial charge in [0.05, 0.1) is 25.4 Å². The molecule has 1 amide bonds. The Labute approximate surface area is 553 Å². The molecule has 0 saturated carbocycles. The van der Waals surface area contributed by atoms with E-state index in [9.17, 15) is 30.3 Å². The first-order chi connectivity index (χ1) is 44.3. The van der Waals surface area contributed by atoms with E-state index in [-0.39, 0.29) is 12.5 Å². The van der Waals surface area contributed by atoms with Crippen molar-refractivity contribution in [1.82, 2.24) is 5.32 Å². The Morgan fingerprint density at radius 2 is 0.689 bits per heavy atom. The summed E-state index contributed by atoms with van der Waals surface area (Å²) in [6, 6.07) is -0.736. The Morgan fingerprint density at radius 3 is 1.02 bits per heavy atom. The first-order valence-electron chi connectivity index (χ1n) is 37.4. The quantitative estimate of drug-likeness (QED) is 0.0261. The number of ether oxygens (including phenoxy) is 2. The van der Waals surface area contributed by atoms with E-state index in [4.69, 9.17) is 9.47 Å². The van der Waals surface area contributed by atoms with Crippen LogP contribution < -0.4 is 5.32 Å². The molecule has 1 heterocycles. The molecule has 7 unspecified atom stereocenters. The predicted octanol–water partition coefficient (Wildman–Crippen LogP) is 21.1. The van der Waals surface area contributed by atoms with Gasteiger partial charge in [-0.05, 0) is 96.3 Å². The smallest absolute Gasteiger partial charge is 0.220 e. The highest BCUT2D eigenvalue weighted by atomic mass is 16.7. The van der Waals surface area contributed by atoms with Crippen LogP contribution in [0.4, 0.5) is 0 Å². The van der Waals surface area contributed by atoms with Crippen molar-refractivity contribution in [3.8, 4) is 0 Å². The molecule has 1 saturated heterocycles. The normalized spacial score (nSPS) is 18.6. The van der Waals surface area contributed by atoms with E-state index in [1.807, 2.05) is 0 Å². The van der Waals surface area contributed by atoms with Crippen LogP contribution in [0.5, 0.6) is 0 Å². The van der Waals surface area contributed by atoms with E-state index in [0.717, 1.165) is 122 Å². The highest BCUT2D eigenvalue weighted by Gasteiger charge is 2.44. The van der Waals surface area contributed by atoms with E-state index < -0.39 is 49.5 Å². The minimum atomic E-state index is -1.56. The third-order valence-corrected chi connectivity index (χ3v) is 17.0. The molecule has 516 valence electrons. The van der Waals surface area contributed by atoms with Gasteiger partial charge >= 0.3 is 0 Å². The van der Waals surface area contributed by atoms with Crippen molar-refractivity contribution in [2.75, 3.05) is 13.2 Å². The summed E-state index contributed by atoms with van der Waals surface area (Å²) in [5.74, 6) is -0.157. The summed E-state index contributed by atoms with van der Waals surface area (Å²) in [5, 5.41) is 55.0. The maximum Gasteiger partial charge on any atom is 0.220 e. The molecular formula is C81H139NO8. The molecule has 0 bridgehead atoms. The van der Waals surface area contributed by atoms with Gasteiger partial charge < -0.3 is 40.3 Å². The zero-order valence-electron chi connectivity index (χ0n) is 57.9. The maximum absolute atomic E-state index is 13.2. The van der Waals surface area contributed by atoms with Crippen molar-refractivity contribution >= 4 is 5.91 Å². The summed E-state index contributed by atoms with van der Waals surface area (Å²) in [7, 11) is 0. The number of carbonyl (C=O) groups is 1. The van der Waals surface area contributed by atoms with Gasteiger partial charge in [0.1, 0.15) is 24.4 Å². The number of carbonyl (C=O) groups excluding carboxylic acids is 1. The highest BCUT2D eigenvalue weighted by molar-refractivity contribution is 5.76. The zero-order chi connectivity index (χ0) is 64.9. The van der Waals surface area contributed by atoms with Crippen molar-refractivity contribution in [3.05, 3.63) is 134 Å². The molecule has 1 aliphatic rings. The molecule has 9 heteroatoms. The average molecular weight is 1260 g/mol. The molecule has 0 radical (unpaired) electrons. The number of hydrogen-bond donors (Lipinski definition) is 6. The molecular weight excluding hydrogens is 1110 g/mol. The number of amides is 1. The Balaban J connectivity index is 2.14. The molecule has 9 nitrogen and oxygen atoms in total. The first kappa shape index (κ1) is 84.3. The number of nitrogens with one attached hydrogen (secondary N) is 1. The molecule has 0 aromatic heterocycles. The first-order valence-corrected chi connectivity index (χ1v) is 37.4. The molecule has 7 atom stereocenters. The van der Waals surface area contributed by atoms with Crippen LogP contribution in [-0.2, 0) is 14.3 Å². The van der Waals surface area contributed by atoms with E-state index in [1.165, 1.54) is 167 Å². The average Bonchev–Trinajstić information content (AvgIpc) is 1.28. The van der Waals surface area contributed by atoms with Crippen molar-refractivity contribution in [1.29, 1.82) is 0 Å². The molecule has 1 aliphatic heterocycles. The SMILES string of the molecule is CC/C=C\C/C=C\C/C=C\C/C=C\C/C=C\C/C=C\C/C=C\C/C=C\C/C=C\C/C=C\C/C=C\CCCCCCCCCC(=O)NC(COC1OC(CO)C(O)C(O)C1O)C(O)CCCCCCCCCCCCCCCCCCCCCCCCCCCC. The number of allylic oxidation sites excluding steroid dienone is 22. The summed E-state index contributed by atoms with van der Waals surface area (Å²) < 4.78 is 11.4. The van der Waals surface area contributed by atoms with Gasteiger partial charge in [0.15, 0.2) is 6.29 Å². The molecule has 0 aliphatic carbocycles. The molecule has 0 aromatic carbocycles. The van der Waals surface area contributed by atoms with Crippen molar-refractivity contribution < 1.29 is 39.8 Å². The number of unbranched alkanes of at least 4 members (excludes halogenated alkanes) is 32. The number of rotatable bonds is 64. The minimum absolute atomic E-state index is 0.148. The third kappa shape index (κ3) is 55.9. The van der Waals surface area contributed by atoms with Gasteiger partial charge in [0.2, 0.25) is 5.91 Å². The Kier molecular flexibility index (Phi) is 63.9. The van der Waals surface area contributed by atoms with Gasteiger partial charge in [0, 0.05) is 6.42 Å². The molecule has 0 aromatic rings. The number of aliphatic hydroxyl groups excluding tert-OH is 5. The van der Waals surface area contributed by atoms with Crippen LogP contribution in [0.15, 0.2) is 134 Å². The maximum atomic E-state index is 13.2. The van der Waals surface area contributed by atoms with Gasteiger partial charge in [-0.25, -0.2) is 0 Å². The van der Waals surface area contributed by atoms with Crippen LogP contribution in [0.3, 0.4) is 0 Å². The largest absolute Gasteiger partial charge is 0.394 e. The van der Waals surface area contributed by atoms with Gasteiger partial charge in [-0.15, -0.1) is 0 Å². The predicted molar refractivity (Wildman–Crippen MR) is 387 cm³/mol. The van der Waals surface area contributed by atoms with Gasteiger partial charge in [-0.3, -0.25) is 4.79 Å². The third-order valence-electron chi connectivity index (χ3n) is 17.0. The van der Waals surface area contributed by atoms with Gasteiger partial charge in [-0.2, -0.15) is 0 Å². The number of hydrogen-bond acceptors (Lipinski definition) is 8. The molecule has 1 rings (SSSR count). The fourth-order valence-electron chi connectivity index (χ4n) is 11.2. The van der Waals surface area contributed by atoms with Crippen LogP contribution in [-0.4, -0.2) is 87.5 Å². The Bertz CT molecular complexity index is 1890. The fraction of sp³-hybridized carbons (Fsp3) is 0.716. The zero-order valence-corrected chi connectivity index (χ0v) is 57.9. The monoisotopic (exact) mass is 1250 g/mol. The summed E-state index contributed by atoms with van der Waals surface area (Å²) in [6.07, 6.45) is 96.6. The van der Waals surface area contributed by atoms with E-state index in [1.54, 1.807) is 0 Å². The summed E-state index contributed by atoms with van der Waals surface area (Å²) >= 11 is 0.